The molecule has 1 unspecified atom stereocenters. The zero-order chi connectivity index (χ0) is 14.8. The minimum Gasteiger partial charge on any atom is -0.319 e. The Labute approximate surface area is 141 Å². The van der Waals surface area contributed by atoms with Crippen molar-refractivity contribution in [1.82, 2.24) is 9.62 Å². The van der Waals surface area contributed by atoms with E-state index in [-0.39, 0.29) is 12.4 Å². The van der Waals surface area contributed by atoms with Gasteiger partial charge >= 0.3 is 0 Å². The number of halogens is 2. The van der Waals surface area contributed by atoms with Crippen molar-refractivity contribution < 1.29 is 8.42 Å². The summed E-state index contributed by atoms with van der Waals surface area (Å²) in [6.07, 6.45) is 2.02. The molecular formula is C14H22BrClN2O2S. The summed E-state index contributed by atoms with van der Waals surface area (Å²) in [6.45, 7) is 4.00. The Hall–Kier alpha value is -0.140. The number of rotatable bonds is 4. The highest BCUT2D eigenvalue weighted by molar-refractivity contribution is 9.10. The molecule has 2 rings (SSSR count). The third-order valence-electron chi connectivity index (χ3n) is 3.63. The lowest BCUT2D eigenvalue weighted by Crippen LogP contribution is -2.42. The molecule has 0 amide bonds. The molecule has 0 spiro atoms. The van der Waals surface area contributed by atoms with Crippen LogP contribution in [-0.2, 0) is 10.0 Å². The van der Waals surface area contributed by atoms with Crippen molar-refractivity contribution in [2.24, 2.45) is 5.92 Å². The maximum absolute atomic E-state index is 12.7. The van der Waals surface area contributed by atoms with Crippen LogP contribution in [0.5, 0.6) is 0 Å². The van der Waals surface area contributed by atoms with Gasteiger partial charge in [0.25, 0.3) is 0 Å². The van der Waals surface area contributed by atoms with Crippen LogP contribution < -0.4 is 5.32 Å². The predicted octanol–water partition coefficient (Wildman–Crippen LogP) is 2.80. The van der Waals surface area contributed by atoms with Crippen LogP contribution in [0.1, 0.15) is 18.4 Å². The molecule has 0 aromatic heterocycles. The summed E-state index contributed by atoms with van der Waals surface area (Å²) >= 11 is 3.37. The van der Waals surface area contributed by atoms with Crippen molar-refractivity contribution in [3.63, 3.8) is 0 Å². The van der Waals surface area contributed by atoms with Gasteiger partial charge in [-0.15, -0.1) is 12.4 Å². The second-order valence-electron chi connectivity index (χ2n) is 5.39. The van der Waals surface area contributed by atoms with E-state index in [1.807, 2.05) is 20.0 Å². The zero-order valence-corrected chi connectivity index (χ0v) is 15.5. The SMILES string of the molecule is CNCC1CCCN(S(=O)(=O)c2cc(C)cc(Br)c2)C1.Cl. The number of hydrogen-bond acceptors (Lipinski definition) is 3. The molecule has 0 bridgehead atoms. The second kappa shape index (κ2) is 7.92. The fourth-order valence-corrected chi connectivity index (χ4v) is 5.15. The first kappa shape index (κ1) is 18.9. The summed E-state index contributed by atoms with van der Waals surface area (Å²) in [5, 5.41) is 3.14. The smallest absolute Gasteiger partial charge is 0.243 e. The van der Waals surface area contributed by atoms with Crippen LogP contribution in [0, 0.1) is 12.8 Å². The van der Waals surface area contributed by atoms with Gasteiger partial charge in [0.1, 0.15) is 0 Å². The molecule has 1 aromatic rings. The number of nitrogens with one attached hydrogen (secondary N) is 1. The van der Waals surface area contributed by atoms with E-state index in [9.17, 15) is 8.42 Å². The summed E-state index contributed by atoms with van der Waals surface area (Å²) in [4.78, 5) is 0.384. The Morgan fingerprint density at radius 2 is 2.10 bits per heavy atom. The minimum atomic E-state index is -3.38. The molecule has 21 heavy (non-hydrogen) atoms. The van der Waals surface area contributed by atoms with Gasteiger partial charge < -0.3 is 5.32 Å². The number of sulfonamides is 1. The summed E-state index contributed by atoms with van der Waals surface area (Å²) < 4.78 is 27.9. The fraction of sp³-hybridized carbons (Fsp3) is 0.571. The maximum atomic E-state index is 12.7. The number of nitrogens with zero attached hydrogens (tertiary/aromatic N) is 1. The van der Waals surface area contributed by atoms with Crippen LogP contribution in [0.15, 0.2) is 27.6 Å². The molecule has 1 aliphatic heterocycles. The minimum absolute atomic E-state index is 0. The van der Waals surface area contributed by atoms with E-state index in [0.29, 0.717) is 23.9 Å². The normalized spacial score (nSPS) is 20.0. The molecular weight excluding hydrogens is 376 g/mol. The summed E-state index contributed by atoms with van der Waals surface area (Å²) in [5.41, 5.74) is 0.946. The average molecular weight is 398 g/mol. The first-order chi connectivity index (χ1) is 9.43. The highest BCUT2D eigenvalue weighted by atomic mass is 79.9. The van der Waals surface area contributed by atoms with E-state index in [4.69, 9.17) is 0 Å². The Bertz CT molecular complexity index is 558. The van der Waals surface area contributed by atoms with E-state index < -0.39 is 10.0 Å². The first-order valence-electron chi connectivity index (χ1n) is 6.85. The molecule has 7 heteroatoms. The lowest BCUT2D eigenvalue weighted by atomic mass is 10.00. The van der Waals surface area contributed by atoms with Crippen LogP contribution in [0.25, 0.3) is 0 Å². The first-order valence-corrected chi connectivity index (χ1v) is 9.08. The summed E-state index contributed by atoms with van der Waals surface area (Å²) in [7, 11) is -1.47. The van der Waals surface area contributed by atoms with Crippen molar-refractivity contribution in [1.29, 1.82) is 0 Å². The van der Waals surface area contributed by atoms with Crippen molar-refractivity contribution in [3.05, 3.63) is 28.2 Å². The highest BCUT2D eigenvalue weighted by Gasteiger charge is 2.30. The second-order valence-corrected chi connectivity index (χ2v) is 8.25. The Balaban J connectivity index is 0.00000220. The van der Waals surface area contributed by atoms with Gasteiger partial charge in [-0.05, 0) is 63.0 Å². The Kier molecular flexibility index (Phi) is 7.13. The quantitative estimate of drug-likeness (QED) is 0.850. The van der Waals surface area contributed by atoms with Gasteiger partial charge in [-0.2, -0.15) is 4.31 Å². The number of aryl methyl sites for hydroxylation is 1. The molecule has 0 saturated carbocycles. The van der Waals surface area contributed by atoms with Crippen molar-refractivity contribution in [2.75, 3.05) is 26.7 Å². The molecule has 1 heterocycles. The largest absolute Gasteiger partial charge is 0.319 e. The molecule has 0 aliphatic carbocycles. The molecule has 120 valence electrons. The lowest BCUT2D eigenvalue weighted by molar-refractivity contribution is 0.263. The predicted molar refractivity (Wildman–Crippen MR) is 91.5 cm³/mol. The zero-order valence-electron chi connectivity index (χ0n) is 12.3. The van der Waals surface area contributed by atoms with Crippen molar-refractivity contribution >= 4 is 38.4 Å². The van der Waals surface area contributed by atoms with Gasteiger partial charge in [-0.25, -0.2) is 8.42 Å². The van der Waals surface area contributed by atoms with E-state index in [1.165, 1.54) is 0 Å². The van der Waals surface area contributed by atoms with Crippen molar-refractivity contribution in [3.8, 4) is 0 Å². The van der Waals surface area contributed by atoms with E-state index >= 15 is 0 Å². The molecule has 1 aromatic carbocycles. The number of piperidine rings is 1. The van der Waals surface area contributed by atoms with Gasteiger partial charge in [-0.1, -0.05) is 15.9 Å². The van der Waals surface area contributed by atoms with Crippen LogP contribution in [0.2, 0.25) is 0 Å². The molecule has 0 radical (unpaired) electrons. The molecule has 4 nitrogen and oxygen atoms in total. The molecule has 1 atom stereocenters. The monoisotopic (exact) mass is 396 g/mol. The van der Waals surface area contributed by atoms with Crippen molar-refractivity contribution in [2.45, 2.75) is 24.7 Å². The van der Waals surface area contributed by atoms with Crippen LogP contribution >= 0.6 is 28.3 Å². The van der Waals surface area contributed by atoms with E-state index in [2.05, 4.69) is 21.2 Å². The van der Waals surface area contributed by atoms with E-state index in [0.717, 1.165) is 29.4 Å². The van der Waals surface area contributed by atoms with Crippen LogP contribution in [-0.4, -0.2) is 39.4 Å². The third-order valence-corrected chi connectivity index (χ3v) is 5.93. The number of hydrogen-bond donors (Lipinski definition) is 1. The van der Waals surface area contributed by atoms with Crippen LogP contribution in [0.4, 0.5) is 0 Å². The Morgan fingerprint density at radius 1 is 1.38 bits per heavy atom. The van der Waals surface area contributed by atoms with Gasteiger partial charge in [0.15, 0.2) is 0 Å². The highest BCUT2D eigenvalue weighted by Crippen LogP contribution is 2.26. The average Bonchev–Trinajstić information content (AvgIpc) is 2.38. The summed E-state index contributed by atoms with van der Waals surface area (Å²) in [6, 6.07) is 5.34. The van der Waals surface area contributed by atoms with Gasteiger partial charge in [0.2, 0.25) is 10.0 Å². The molecule has 1 fully saturated rings. The topological polar surface area (TPSA) is 49.4 Å². The maximum Gasteiger partial charge on any atom is 0.243 e. The number of benzene rings is 1. The van der Waals surface area contributed by atoms with Gasteiger partial charge in [0, 0.05) is 17.6 Å². The molecule has 1 saturated heterocycles. The third kappa shape index (κ3) is 4.66. The van der Waals surface area contributed by atoms with E-state index in [1.54, 1.807) is 16.4 Å². The molecule has 1 aliphatic rings. The Morgan fingerprint density at radius 3 is 2.71 bits per heavy atom. The standard InChI is InChI=1S/C14H21BrN2O2S.ClH/c1-11-6-13(15)8-14(7-11)20(18,19)17-5-3-4-12(10-17)9-16-2;/h6-8,12,16H,3-5,9-10H2,1-2H3;1H. The van der Waals surface area contributed by atoms with Crippen LogP contribution in [0.3, 0.4) is 0 Å². The fourth-order valence-electron chi connectivity index (χ4n) is 2.70. The lowest BCUT2D eigenvalue weighted by Gasteiger charge is -2.32. The molecule has 1 N–H and O–H groups in total. The van der Waals surface area contributed by atoms with Gasteiger partial charge in [0.05, 0.1) is 4.90 Å². The summed E-state index contributed by atoms with van der Waals surface area (Å²) in [5.74, 6) is 0.400. The van der Waals surface area contributed by atoms with Gasteiger partial charge in [-0.3, -0.25) is 0 Å².